The van der Waals surface area contributed by atoms with Gasteiger partial charge >= 0.3 is 5.97 Å². The Balaban J connectivity index is 1.48. The molecule has 1 N–H and O–H groups in total. The van der Waals surface area contributed by atoms with Gasteiger partial charge in [0.2, 0.25) is 0 Å². The normalized spacial score (nSPS) is 11.8. The van der Waals surface area contributed by atoms with Crippen molar-refractivity contribution in [3.05, 3.63) is 101 Å². The summed E-state index contributed by atoms with van der Waals surface area (Å²) in [5.74, 6) is 0.0362. The van der Waals surface area contributed by atoms with Crippen LogP contribution in [0, 0.1) is 6.92 Å². The average molecular weight is 462 g/mol. The van der Waals surface area contributed by atoms with Crippen molar-refractivity contribution >= 4 is 17.6 Å². The third-order valence-corrected chi connectivity index (χ3v) is 5.80. The van der Waals surface area contributed by atoms with Gasteiger partial charge in [0.15, 0.2) is 0 Å². The first-order chi connectivity index (χ1) is 15.9. The van der Waals surface area contributed by atoms with Crippen molar-refractivity contribution in [2.24, 2.45) is 7.05 Å². The molecule has 6 nitrogen and oxygen atoms in total. The summed E-state index contributed by atoms with van der Waals surface area (Å²) in [6, 6.07) is 21.5. The third kappa shape index (κ3) is 5.41. The van der Waals surface area contributed by atoms with Crippen molar-refractivity contribution in [2.45, 2.75) is 25.9 Å². The molecule has 1 aromatic heterocycles. The van der Waals surface area contributed by atoms with E-state index in [1.165, 1.54) is 6.33 Å². The Morgan fingerprint density at radius 2 is 1.91 bits per heavy atom. The van der Waals surface area contributed by atoms with Crippen LogP contribution in [0.4, 0.5) is 0 Å². The first-order valence-electron chi connectivity index (χ1n) is 10.5. The van der Waals surface area contributed by atoms with Gasteiger partial charge in [-0.25, -0.2) is 4.98 Å². The zero-order valence-electron chi connectivity index (χ0n) is 18.4. The van der Waals surface area contributed by atoms with E-state index in [2.05, 4.69) is 29.1 Å². The summed E-state index contributed by atoms with van der Waals surface area (Å²) in [4.78, 5) is 15.6. The number of benzene rings is 3. The highest BCUT2D eigenvalue weighted by Crippen LogP contribution is 2.29. The van der Waals surface area contributed by atoms with Gasteiger partial charge in [0, 0.05) is 12.1 Å². The Kier molecular flexibility index (Phi) is 6.75. The Morgan fingerprint density at radius 1 is 1.12 bits per heavy atom. The highest BCUT2D eigenvalue weighted by Gasteiger charge is 2.22. The number of hydrogen-bond donors (Lipinski definition) is 1. The Bertz CT molecular complexity index is 1270. The van der Waals surface area contributed by atoms with E-state index in [4.69, 9.17) is 16.3 Å². The van der Waals surface area contributed by atoms with Crippen LogP contribution in [0.2, 0.25) is 5.02 Å². The number of aliphatic carboxylic acids is 1. The van der Waals surface area contributed by atoms with Crippen LogP contribution in [0.15, 0.2) is 73.1 Å². The summed E-state index contributed by atoms with van der Waals surface area (Å²) < 4.78 is 7.60. The van der Waals surface area contributed by atoms with Crippen molar-refractivity contribution in [3.8, 4) is 16.9 Å². The molecule has 3 aromatic carbocycles. The van der Waals surface area contributed by atoms with Crippen molar-refractivity contribution < 1.29 is 14.6 Å². The fraction of sp³-hybridized carbons (Fsp3) is 0.192. The summed E-state index contributed by atoms with van der Waals surface area (Å²) in [7, 11) is 1.76. The number of carboxylic acid groups (broad SMARTS) is 1. The molecule has 1 atom stereocenters. The summed E-state index contributed by atoms with van der Waals surface area (Å²) in [6.07, 6.45) is 1.36. The van der Waals surface area contributed by atoms with E-state index in [1.807, 2.05) is 54.6 Å². The molecule has 1 unspecified atom stereocenters. The predicted octanol–water partition coefficient (Wildman–Crippen LogP) is 5.63. The maximum atomic E-state index is 11.4. The predicted molar refractivity (Wildman–Crippen MR) is 127 cm³/mol. The first-order valence-corrected chi connectivity index (χ1v) is 10.9. The Morgan fingerprint density at radius 3 is 2.61 bits per heavy atom. The summed E-state index contributed by atoms with van der Waals surface area (Å²) in [6.45, 7) is 2.48. The minimum atomic E-state index is -0.891. The largest absolute Gasteiger partial charge is 0.489 e. The molecule has 7 heteroatoms. The lowest BCUT2D eigenvalue weighted by Gasteiger charge is -2.15. The second kappa shape index (κ2) is 9.88. The molecule has 168 valence electrons. The quantitative estimate of drug-likeness (QED) is 0.368. The molecule has 0 saturated heterocycles. The number of carboxylic acids is 1. The third-order valence-electron chi connectivity index (χ3n) is 5.56. The molecule has 0 amide bonds. The van der Waals surface area contributed by atoms with Gasteiger partial charge in [-0.2, -0.15) is 5.10 Å². The van der Waals surface area contributed by atoms with E-state index in [1.54, 1.807) is 11.7 Å². The van der Waals surface area contributed by atoms with Crippen LogP contribution in [0.5, 0.6) is 5.75 Å². The molecule has 33 heavy (non-hydrogen) atoms. The second-order valence-corrected chi connectivity index (χ2v) is 8.35. The number of carbonyl (C=O) groups is 1. The molecule has 0 aliphatic heterocycles. The summed E-state index contributed by atoms with van der Waals surface area (Å²) in [5.41, 5.74) is 5.23. The van der Waals surface area contributed by atoms with Gasteiger partial charge in [-0.15, -0.1) is 0 Å². The summed E-state index contributed by atoms with van der Waals surface area (Å²) >= 11 is 6.19. The van der Waals surface area contributed by atoms with Crippen LogP contribution in [0.25, 0.3) is 11.1 Å². The molecule has 0 radical (unpaired) electrons. The zero-order chi connectivity index (χ0) is 23.4. The molecule has 0 spiro atoms. The molecule has 0 saturated carbocycles. The lowest BCUT2D eigenvalue weighted by atomic mass is 9.95. The minimum Gasteiger partial charge on any atom is -0.489 e. The topological polar surface area (TPSA) is 77.2 Å². The highest BCUT2D eigenvalue weighted by atomic mass is 35.5. The van der Waals surface area contributed by atoms with Gasteiger partial charge in [-0.3, -0.25) is 9.48 Å². The van der Waals surface area contributed by atoms with Crippen LogP contribution in [-0.2, 0) is 18.4 Å². The van der Waals surface area contributed by atoms with Gasteiger partial charge in [0.25, 0.3) is 0 Å². The molecule has 0 aliphatic rings. The van der Waals surface area contributed by atoms with Crippen molar-refractivity contribution in [2.75, 3.05) is 0 Å². The maximum absolute atomic E-state index is 11.4. The number of halogens is 1. The number of aromatic nitrogens is 3. The van der Waals surface area contributed by atoms with E-state index >= 15 is 0 Å². The monoisotopic (exact) mass is 461 g/mol. The standard InChI is InChI=1S/C26H24ClN3O3/c1-17-6-9-21(27)13-23(17)20-5-3-4-18(12-20)15-33-22-10-7-19(8-11-22)24(14-25(31)32)26-28-16-29-30(26)2/h3-13,16,24H,14-15H2,1-2H3,(H,31,32). The van der Waals surface area contributed by atoms with Crippen molar-refractivity contribution in [3.63, 3.8) is 0 Å². The number of hydrogen-bond acceptors (Lipinski definition) is 4. The number of nitrogens with zero attached hydrogens (tertiary/aromatic N) is 3. The number of aryl methyl sites for hydroxylation is 2. The molecule has 4 rings (SSSR count). The Hall–Kier alpha value is -3.64. The van der Waals surface area contributed by atoms with Gasteiger partial charge in [0.1, 0.15) is 24.5 Å². The van der Waals surface area contributed by atoms with Crippen LogP contribution < -0.4 is 4.74 Å². The van der Waals surface area contributed by atoms with Gasteiger partial charge in [0.05, 0.1) is 12.3 Å². The lowest BCUT2D eigenvalue weighted by molar-refractivity contribution is -0.137. The van der Waals surface area contributed by atoms with E-state index in [0.717, 1.165) is 27.8 Å². The molecule has 0 bridgehead atoms. The molecular formula is C26H24ClN3O3. The molecule has 0 aliphatic carbocycles. The van der Waals surface area contributed by atoms with E-state index < -0.39 is 5.97 Å². The minimum absolute atomic E-state index is 0.0670. The van der Waals surface area contributed by atoms with E-state index in [-0.39, 0.29) is 12.3 Å². The fourth-order valence-electron chi connectivity index (χ4n) is 3.85. The molecule has 4 aromatic rings. The van der Waals surface area contributed by atoms with Crippen molar-refractivity contribution in [1.29, 1.82) is 0 Å². The van der Waals surface area contributed by atoms with Gasteiger partial charge in [-0.1, -0.05) is 48.0 Å². The molecule has 1 heterocycles. The van der Waals surface area contributed by atoms with Crippen LogP contribution in [-0.4, -0.2) is 25.8 Å². The zero-order valence-corrected chi connectivity index (χ0v) is 19.2. The smallest absolute Gasteiger partial charge is 0.304 e. The van der Waals surface area contributed by atoms with Crippen LogP contribution >= 0.6 is 11.6 Å². The highest BCUT2D eigenvalue weighted by molar-refractivity contribution is 6.30. The average Bonchev–Trinajstić information content (AvgIpc) is 3.23. The van der Waals surface area contributed by atoms with E-state index in [9.17, 15) is 9.90 Å². The maximum Gasteiger partial charge on any atom is 0.304 e. The van der Waals surface area contributed by atoms with E-state index in [0.29, 0.717) is 23.2 Å². The molecule has 0 fully saturated rings. The fourth-order valence-corrected chi connectivity index (χ4v) is 4.02. The number of ether oxygens (including phenoxy) is 1. The van der Waals surface area contributed by atoms with Gasteiger partial charge in [-0.05, 0) is 65.1 Å². The lowest BCUT2D eigenvalue weighted by Crippen LogP contribution is -2.13. The summed E-state index contributed by atoms with van der Waals surface area (Å²) in [5, 5.41) is 14.1. The van der Waals surface area contributed by atoms with Crippen LogP contribution in [0.3, 0.4) is 0 Å². The molecular weight excluding hydrogens is 438 g/mol. The number of rotatable bonds is 8. The Labute approximate surface area is 197 Å². The first kappa shape index (κ1) is 22.6. The van der Waals surface area contributed by atoms with Gasteiger partial charge < -0.3 is 9.84 Å². The SMILES string of the molecule is Cc1ccc(Cl)cc1-c1cccc(COc2ccc(C(CC(=O)O)c3ncnn3C)cc2)c1. The second-order valence-electron chi connectivity index (χ2n) is 7.91. The van der Waals surface area contributed by atoms with Crippen LogP contribution in [0.1, 0.15) is 34.9 Å². The van der Waals surface area contributed by atoms with Crippen molar-refractivity contribution in [1.82, 2.24) is 14.8 Å².